The van der Waals surface area contributed by atoms with Crippen molar-refractivity contribution < 1.29 is 18.1 Å². The van der Waals surface area contributed by atoms with Crippen LogP contribution in [0.2, 0.25) is 0 Å². The lowest BCUT2D eigenvalue weighted by Gasteiger charge is -2.23. The summed E-state index contributed by atoms with van der Waals surface area (Å²) in [5, 5.41) is 13.5. The maximum atomic E-state index is 12.1. The zero-order valence-electron chi connectivity index (χ0n) is 14.1. The van der Waals surface area contributed by atoms with Crippen molar-refractivity contribution in [1.29, 1.82) is 0 Å². The molecule has 1 rings (SSSR count). The predicted molar refractivity (Wildman–Crippen MR) is 91.6 cm³/mol. The number of nitro benzene ring substituents is 1. The van der Waals surface area contributed by atoms with Crippen LogP contribution in [0, 0.1) is 17.0 Å². The van der Waals surface area contributed by atoms with E-state index in [4.69, 9.17) is 0 Å². The summed E-state index contributed by atoms with van der Waals surface area (Å²) >= 11 is 0. The maximum Gasteiger partial charge on any atom is 0.271 e. The number of anilines is 1. The molecule has 24 heavy (non-hydrogen) atoms. The predicted octanol–water partition coefficient (Wildman–Crippen LogP) is 0.347. The fourth-order valence-electron chi connectivity index (χ4n) is 1.97. The van der Waals surface area contributed by atoms with E-state index in [1.807, 2.05) is 19.0 Å². The van der Waals surface area contributed by atoms with E-state index >= 15 is 0 Å². The van der Waals surface area contributed by atoms with Gasteiger partial charge in [-0.2, -0.15) is 0 Å². The van der Waals surface area contributed by atoms with Gasteiger partial charge >= 0.3 is 0 Å². The zero-order valence-corrected chi connectivity index (χ0v) is 15.0. The molecule has 0 aliphatic rings. The minimum Gasteiger partial charge on any atom is -0.353 e. The molecule has 0 atom stereocenters. The summed E-state index contributed by atoms with van der Waals surface area (Å²) in [4.78, 5) is 24.2. The topological polar surface area (TPSA) is 113 Å². The van der Waals surface area contributed by atoms with Gasteiger partial charge in [-0.15, -0.1) is 0 Å². The van der Waals surface area contributed by atoms with Gasteiger partial charge in [-0.25, -0.2) is 8.42 Å². The Morgan fingerprint density at radius 2 is 1.96 bits per heavy atom. The molecule has 0 aromatic heterocycles. The maximum absolute atomic E-state index is 12.1. The van der Waals surface area contributed by atoms with Crippen LogP contribution in [0.1, 0.15) is 5.56 Å². The molecule has 1 aromatic carbocycles. The highest BCUT2D eigenvalue weighted by atomic mass is 32.2. The number of likely N-dealkylation sites (N-methyl/N-ethyl adjacent to an activating group) is 1. The van der Waals surface area contributed by atoms with E-state index < -0.39 is 27.4 Å². The Labute approximate surface area is 141 Å². The van der Waals surface area contributed by atoms with Crippen molar-refractivity contribution >= 4 is 27.3 Å². The number of rotatable bonds is 8. The lowest BCUT2D eigenvalue weighted by molar-refractivity contribution is -0.384. The molecule has 9 nitrogen and oxygen atoms in total. The number of non-ortho nitro benzene ring substituents is 1. The molecule has 1 amide bonds. The van der Waals surface area contributed by atoms with Gasteiger partial charge in [-0.05, 0) is 26.6 Å². The number of nitrogens with one attached hydrogen (secondary N) is 1. The molecule has 10 heteroatoms. The molecule has 1 aromatic rings. The van der Waals surface area contributed by atoms with Crippen LogP contribution in [0.3, 0.4) is 0 Å². The number of carbonyl (C=O) groups is 1. The normalized spacial score (nSPS) is 11.4. The molecule has 0 bridgehead atoms. The fourth-order valence-corrected chi connectivity index (χ4v) is 2.87. The number of aryl methyl sites for hydroxylation is 1. The van der Waals surface area contributed by atoms with Crippen molar-refractivity contribution in [3.8, 4) is 0 Å². The third-order valence-corrected chi connectivity index (χ3v) is 4.37. The smallest absolute Gasteiger partial charge is 0.271 e. The Balaban J connectivity index is 3.05. The molecule has 0 heterocycles. The fraction of sp³-hybridized carbons (Fsp3) is 0.500. The number of benzene rings is 1. The van der Waals surface area contributed by atoms with Gasteiger partial charge in [0, 0.05) is 25.2 Å². The van der Waals surface area contributed by atoms with Crippen LogP contribution in [0.4, 0.5) is 11.4 Å². The third kappa shape index (κ3) is 5.78. The summed E-state index contributed by atoms with van der Waals surface area (Å²) in [6.45, 7) is 2.17. The molecule has 1 N–H and O–H groups in total. The number of amides is 1. The molecule has 134 valence electrons. The van der Waals surface area contributed by atoms with Crippen molar-refractivity contribution in [2.75, 3.05) is 44.3 Å². The number of hydrogen-bond acceptors (Lipinski definition) is 6. The minimum atomic E-state index is -3.78. The zero-order chi connectivity index (χ0) is 18.5. The second-order valence-electron chi connectivity index (χ2n) is 5.65. The van der Waals surface area contributed by atoms with E-state index in [1.54, 1.807) is 6.92 Å². The Hall–Kier alpha value is -2.20. The molecular weight excluding hydrogens is 336 g/mol. The first-order chi connectivity index (χ1) is 11.0. The first-order valence-corrected chi connectivity index (χ1v) is 9.01. The van der Waals surface area contributed by atoms with E-state index in [0.29, 0.717) is 18.7 Å². The highest BCUT2D eigenvalue weighted by molar-refractivity contribution is 7.92. The van der Waals surface area contributed by atoms with Crippen LogP contribution in [0.5, 0.6) is 0 Å². The van der Waals surface area contributed by atoms with Crippen molar-refractivity contribution in [2.24, 2.45) is 0 Å². The molecule has 0 aliphatic heterocycles. The highest BCUT2D eigenvalue weighted by Crippen LogP contribution is 2.27. The summed E-state index contributed by atoms with van der Waals surface area (Å²) < 4.78 is 25.0. The quantitative estimate of drug-likeness (QED) is 0.530. The van der Waals surface area contributed by atoms with Crippen LogP contribution in [-0.4, -0.2) is 64.1 Å². The molecule has 0 radical (unpaired) electrons. The van der Waals surface area contributed by atoms with Gasteiger partial charge < -0.3 is 10.2 Å². The number of nitro groups is 1. The van der Waals surface area contributed by atoms with Crippen molar-refractivity contribution in [1.82, 2.24) is 10.2 Å². The first-order valence-electron chi connectivity index (χ1n) is 7.16. The highest BCUT2D eigenvalue weighted by Gasteiger charge is 2.24. The third-order valence-electron chi connectivity index (χ3n) is 3.24. The van der Waals surface area contributed by atoms with Gasteiger partial charge in [0.25, 0.3) is 5.69 Å². The molecule has 0 aliphatic carbocycles. The van der Waals surface area contributed by atoms with Crippen molar-refractivity contribution in [3.63, 3.8) is 0 Å². The van der Waals surface area contributed by atoms with Gasteiger partial charge in [-0.1, -0.05) is 6.07 Å². The average molecular weight is 358 g/mol. The van der Waals surface area contributed by atoms with Crippen molar-refractivity contribution in [2.45, 2.75) is 6.92 Å². The molecule has 0 unspecified atom stereocenters. The minimum absolute atomic E-state index is 0.120. The van der Waals surface area contributed by atoms with E-state index in [9.17, 15) is 23.3 Å². The Morgan fingerprint density at radius 3 is 2.46 bits per heavy atom. The number of hydrogen-bond donors (Lipinski definition) is 1. The molecule has 0 saturated carbocycles. The van der Waals surface area contributed by atoms with Gasteiger partial charge in [0.05, 0.1) is 16.9 Å². The largest absolute Gasteiger partial charge is 0.353 e. The summed E-state index contributed by atoms with van der Waals surface area (Å²) in [5.74, 6) is -0.479. The SMILES string of the molecule is Cc1ccc([N+](=O)[O-])cc1N(CC(=O)NCCN(C)C)S(C)(=O)=O. The van der Waals surface area contributed by atoms with Crippen molar-refractivity contribution in [3.05, 3.63) is 33.9 Å². The Kier molecular flexibility index (Phi) is 6.67. The summed E-state index contributed by atoms with van der Waals surface area (Å²) in [7, 11) is -0.0826. The Bertz CT molecular complexity index is 718. The lowest BCUT2D eigenvalue weighted by Crippen LogP contribution is -2.42. The van der Waals surface area contributed by atoms with Gasteiger partial charge in [0.2, 0.25) is 15.9 Å². The summed E-state index contributed by atoms with van der Waals surface area (Å²) in [5.41, 5.74) is 0.402. The summed E-state index contributed by atoms with van der Waals surface area (Å²) in [6, 6.07) is 3.90. The molecule has 0 saturated heterocycles. The van der Waals surface area contributed by atoms with E-state index in [-0.39, 0.29) is 11.4 Å². The molecular formula is C14H22N4O5S. The van der Waals surface area contributed by atoms with E-state index in [0.717, 1.165) is 16.6 Å². The van der Waals surface area contributed by atoms with Gasteiger partial charge in [0.1, 0.15) is 6.54 Å². The van der Waals surface area contributed by atoms with Crippen LogP contribution < -0.4 is 9.62 Å². The van der Waals surface area contributed by atoms with Gasteiger partial charge in [0.15, 0.2) is 0 Å². The van der Waals surface area contributed by atoms with E-state index in [1.165, 1.54) is 12.1 Å². The summed E-state index contributed by atoms with van der Waals surface area (Å²) in [6.07, 6.45) is 0.957. The van der Waals surface area contributed by atoms with Crippen LogP contribution >= 0.6 is 0 Å². The lowest BCUT2D eigenvalue weighted by atomic mass is 10.2. The van der Waals surface area contributed by atoms with Gasteiger partial charge in [-0.3, -0.25) is 19.2 Å². The molecule has 0 fully saturated rings. The second kappa shape index (κ2) is 8.06. The van der Waals surface area contributed by atoms with Crippen LogP contribution in [0.25, 0.3) is 0 Å². The number of carbonyl (C=O) groups excluding carboxylic acids is 1. The second-order valence-corrected chi connectivity index (χ2v) is 7.56. The average Bonchev–Trinajstić information content (AvgIpc) is 2.43. The first kappa shape index (κ1) is 19.8. The molecule has 0 spiro atoms. The Morgan fingerprint density at radius 1 is 1.33 bits per heavy atom. The monoisotopic (exact) mass is 358 g/mol. The van der Waals surface area contributed by atoms with Crippen LogP contribution in [-0.2, 0) is 14.8 Å². The standard InChI is InChI=1S/C14H22N4O5S/c1-11-5-6-12(18(20)21)9-13(11)17(24(4,22)23)10-14(19)15-7-8-16(2)3/h5-6,9H,7-8,10H2,1-4H3,(H,15,19). The number of sulfonamides is 1. The van der Waals surface area contributed by atoms with Crippen LogP contribution in [0.15, 0.2) is 18.2 Å². The van der Waals surface area contributed by atoms with E-state index in [2.05, 4.69) is 5.32 Å². The number of nitrogens with zero attached hydrogens (tertiary/aromatic N) is 3.